The van der Waals surface area contributed by atoms with Gasteiger partial charge in [-0.25, -0.2) is 0 Å². The molecule has 0 bridgehead atoms. The second kappa shape index (κ2) is 4.28. The molecule has 78 valence electrons. The highest BCUT2D eigenvalue weighted by atomic mass is 32.1. The number of hydrogen-bond acceptors (Lipinski definition) is 4. The molecular formula is C10H16N2OS. The minimum absolute atomic E-state index is 0.166. The zero-order chi connectivity index (χ0) is 9.97. The molecule has 14 heavy (non-hydrogen) atoms. The van der Waals surface area contributed by atoms with Crippen molar-refractivity contribution in [1.82, 2.24) is 4.37 Å². The number of nitrogens with zero attached hydrogens (tertiary/aromatic N) is 1. The van der Waals surface area contributed by atoms with Gasteiger partial charge >= 0.3 is 0 Å². The minimum atomic E-state index is 0.166. The van der Waals surface area contributed by atoms with E-state index < -0.39 is 0 Å². The van der Waals surface area contributed by atoms with Gasteiger partial charge in [-0.05, 0) is 30.3 Å². The van der Waals surface area contributed by atoms with Gasteiger partial charge in [0.25, 0.3) is 0 Å². The van der Waals surface area contributed by atoms with Crippen LogP contribution >= 0.6 is 11.5 Å². The van der Waals surface area contributed by atoms with E-state index >= 15 is 0 Å². The molecule has 1 aliphatic carbocycles. The van der Waals surface area contributed by atoms with Crippen molar-refractivity contribution < 1.29 is 4.74 Å². The van der Waals surface area contributed by atoms with Crippen LogP contribution in [0.5, 0.6) is 5.88 Å². The lowest BCUT2D eigenvalue weighted by atomic mass is 9.98. The van der Waals surface area contributed by atoms with Crippen LogP contribution in [0.4, 0.5) is 0 Å². The Morgan fingerprint density at radius 3 is 2.86 bits per heavy atom. The molecule has 4 heteroatoms. The van der Waals surface area contributed by atoms with E-state index in [2.05, 4.69) is 4.37 Å². The zero-order valence-corrected chi connectivity index (χ0v) is 9.22. The van der Waals surface area contributed by atoms with Crippen LogP contribution in [0.1, 0.15) is 36.6 Å². The predicted molar refractivity (Wildman–Crippen MR) is 57.6 cm³/mol. The van der Waals surface area contributed by atoms with Crippen molar-refractivity contribution >= 4 is 11.5 Å². The summed E-state index contributed by atoms with van der Waals surface area (Å²) >= 11 is 1.47. The van der Waals surface area contributed by atoms with Gasteiger partial charge in [-0.2, -0.15) is 4.37 Å². The van der Waals surface area contributed by atoms with E-state index in [1.807, 2.05) is 6.07 Å². The van der Waals surface area contributed by atoms with Crippen LogP contribution in [-0.4, -0.2) is 11.5 Å². The van der Waals surface area contributed by atoms with Crippen molar-refractivity contribution in [1.29, 1.82) is 0 Å². The van der Waals surface area contributed by atoms with Crippen LogP contribution < -0.4 is 10.5 Å². The maximum atomic E-state index is 6.18. The van der Waals surface area contributed by atoms with Gasteiger partial charge in [0, 0.05) is 17.0 Å². The summed E-state index contributed by atoms with van der Waals surface area (Å²) in [5.74, 6) is 1.35. The number of ether oxygens (including phenoxy) is 1. The maximum Gasteiger partial charge on any atom is 0.225 e. The predicted octanol–water partition coefficient (Wildman–Crippen LogP) is 2.34. The van der Waals surface area contributed by atoms with E-state index in [-0.39, 0.29) is 6.04 Å². The van der Waals surface area contributed by atoms with Gasteiger partial charge in [-0.1, -0.05) is 12.8 Å². The third kappa shape index (κ3) is 1.91. The van der Waals surface area contributed by atoms with E-state index in [9.17, 15) is 0 Å². The summed E-state index contributed by atoms with van der Waals surface area (Å²) in [4.78, 5) is 1.16. The summed E-state index contributed by atoms with van der Waals surface area (Å²) in [6.07, 6.45) is 5.19. The normalized spacial score (nSPS) is 19.9. The van der Waals surface area contributed by atoms with Crippen LogP contribution in [0.3, 0.4) is 0 Å². The number of aromatic nitrogens is 1. The summed E-state index contributed by atoms with van der Waals surface area (Å²) in [6, 6.07) is 2.13. The van der Waals surface area contributed by atoms with E-state index in [0.29, 0.717) is 11.8 Å². The van der Waals surface area contributed by atoms with Gasteiger partial charge in [0.1, 0.15) is 0 Å². The second-order valence-corrected chi connectivity index (χ2v) is 4.68. The molecule has 1 atom stereocenters. The van der Waals surface area contributed by atoms with Gasteiger partial charge < -0.3 is 10.5 Å². The molecular weight excluding hydrogens is 196 g/mol. The van der Waals surface area contributed by atoms with E-state index in [4.69, 9.17) is 10.5 Å². The summed E-state index contributed by atoms with van der Waals surface area (Å²) < 4.78 is 9.22. The Hall–Kier alpha value is -0.610. The van der Waals surface area contributed by atoms with Crippen LogP contribution in [0.25, 0.3) is 0 Å². The van der Waals surface area contributed by atoms with Crippen molar-refractivity contribution in [2.45, 2.75) is 31.7 Å². The molecule has 2 rings (SSSR count). The highest BCUT2D eigenvalue weighted by Gasteiger charge is 2.24. The van der Waals surface area contributed by atoms with Gasteiger partial charge in [0.05, 0.1) is 7.11 Å². The lowest BCUT2D eigenvalue weighted by molar-refractivity contribution is 0.401. The zero-order valence-electron chi connectivity index (χ0n) is 8.40. The Labute approximate surface area is 88.4 Å². The molecule has 1 saturated carbocycles. The first-order valence-corrected chi connectivity index (χ1v) is 5.85. The Bertz CT molecular complexity index is 294. The molecule has 1 aliphatic rings. The molecule has 0 saturated heterocycles. The van der Waals surface area contributed by atoms with Crippen molar-refractivity contribution in [3.8, 4) is 5.88 Å². The largest absolute Gasteiger partial charge is 0.480 e. The molecule has 0 amide bonds. The molecule has 1 aromatic rings. The monoisotopic (exact) mass is 212 g/mol. The Balaban J connectivity index is 2.05. The standard InChI is InChI=1S/C10H16N2OS/c1-13-9-6-8(14-12-9)10(11)7-4-2-3-5-7/h6-7,10H,2-5,11H2,1H3. The molecule has 0 aliphatic heterocycles. The summed E-state index contributed by atoms with van der Waals surface area (Å²) in [5.41, 5.74) is 6.18. The fourth-order valence-electron chi connectivity index (χ4n) is 2.07. The first-order chi connectivity index (χ1) is 6.81. The molecule has 1 aromatic heterocycles. The maximum absolute atomic E-state index is 6.18. The van der Waals surface area contributed by atoms with Gasteiger partial charge in [-0.3, -0.25) is 0 Å². The highest BCUT2D eigenvalue weighted by Crippen LogP contribution is 2.36. The van der Waals surface area contributed by atoms with E-state index in [0.717, 1.165) is 4.88 Å². The van der Waals surface area contributed by atoms with Gasteiger partial charge in [0.2, 0.25) is 5.88 Å². The minimum Gasteiger partial charge on any atom is -0.480 e. The average molecular weight is 212 g/mol. The lowest BCUT2D eigenvalue weighted by Crippen LogP contribution is -2.17. The third-order valence-corrected chi connectivity index (χ3v) is 3.82. The van der Waals surface area contributed by atoms with Gasteiger partial charge in [0.15, 0.2) is 0 Å². The molecule has 2 N–H and O–H groups in total. The molecule has 3 nitrogen and oxygen atoms in total. The molecule has 0 spiro atoms. The molecule has 0 radical (unpaired) electrons. The van der Waals surface area contributed by atoms with Crippen LogP contribution in [0.2, 0.25) is 0 Å². The van der Waals surface area contributed by atoms with Crippen molar-refractivity contribution in [2.24, 2.45) is 11.7 Å². The summed E-state index contributed by atoms with van der Waals surface area (Å²) in [6.45, 7) is 0. The van der Waals surface area contributed by atoms with Gasteiger partial charge in [-0.15, -0.1) is 0 Å². The average Bonchev–Trinajstić information content (AvgIpc) is 2.88. The smallest absolute Gasteiger partial charge is 0.225 e. The summed E-state index contributed by atoms with van der Waals surface area (Å²) in [7, 11) is 1.64. The van der Waals surface area contributed by atoms with Crippen LogP contribution in [0, 0.1) is 5.92 Å². The first-order valence-electron chi connectivity index (χ1n) is 5.07. The fourth-order valence-corrected chi connectivity index (χ4v) is 2.86. The summed E-state index contributed by atoms with van der Waals surface area (Å²) in [5, 5.41) is 0. The fraction of sp³-hybridized carbons (Fsp3) is 0.700. The van der Waals surface area contributed by atoms with E-state index in [1.165, 1.54) is 37.2 Å². The number of nitrogens with two attached hydrogens (primary N) is 1. The highest BCUT2D eigenvalue weighted by molar-refractivity contribution is 7.06. The third-order valence-electron chi connectivity index (χ3n) is 2.95. The van der Waals surface area contributed by atoms with Crippen LogP contribution in [0.15, 0.2) is 6.07 Å². The van der Waals surface area contributed by atoms with Crippen molar-refractivity contribution in [2.75, 3.05) is 7.11 Å². The van der Waals surface area contributed by atoms with Crippen LogP contribution in [-0.2, 0) is 0 Å². The topological polar surface area (TPSA) is 48.1 Å². The van der Waals surface area contributed by atoms with Crippen molar-refractivity contribution in [3.63, 3.8) is 0 Å². The van der Waals surface area contributed by atoms with E-state index in [1.54, 1.807) is 7.11 Å². The number of rotatable bonds is 3. The Morgan fingerprint density at radius 2 is 2.29 bits per heavy atom. The molecule has 1 unspecified atom stereocenters. The number of hydrogen-bond donors (Lipinski definition) is 1. The lowest BCUT2D eigenvalue weighted by Gasteiger charge is -2.16. The number of methoxy groups -OCH3 is 1. The molecule has 1 fully saturated rings. The SMILES string of the molecule is COc1cc(C(N)C2CCCC2)sn1. The second-order valence-electron chi connectivity index (χ2n) is 3.84. The van der Waals surface area contributed by atoms with Crippen molar-refractivity contribution in [3.05, 3.63) is 10.9 Å². The Kier molecular flexibility index (Phi) is 3.03. The molecule has 0 aromatic carbocycles. The quantitative estimate of drug-likeness (QED) is 0.836. The molecule has 1 heterocycles. The Morgan fingerprint density at radius 1 is 1.57 bits per heavy atom. The first kappa shape index (κ1) is 9.93.